The van der Waals surface area contributed by atoms with E-state index in [1.807, 2.05) is 37.3 Å². The molecule has 0 saturated carbocycles. The quantitative estimate of drug-likeness (QED) is 0.765. The fourth-order valence-corrected chi connectivity index (χ4v) is 2.76. The van der Waals surface area contributed by atoms with Gasteiger partial charge in [-0.2, -0.15) is 0 Å². The highest BCUT2D eigenvalue weighted by atomic mass is 79.9. The van der Waals surface area contributed by atoms with Gasteiger partial charge in [0, 0.05) is 29.7 Å². The summed E-state index contributed by atoms with van der Waals surface area (Å²) in [6.45, 7) is 3.23. The van der Waals surface area contributed by atoms with Crippen LogP contribution in [0.2, 0.25) is 0 Å². The molecule has 1 aliphatic rings. The Labute approximate surface area is 143 Å². The maximum Gasteiger partial charge on any atom is 0.252 e. The number of halogens is 1. The van der Waals surface area contributed by atoms with E-state index in [4.69, 9.17) is 4.74 Å². The number of pyridine rings is 1. The zero-order valence-corrected chi connectivity index (χ0v) is 14.4. The zero-order chi connectivity index (χ0) is 16.2. The Balaban J connectivity index is 1.75. The van der Waals surface area contributed by atoms with Crippen LogP contribution in [0.15, 0.2) is 47.1 Å². The molecule has 118 valence electrons. The summed E-state index contributed by atoms with van der Waals surface area (Å²) in [6, 6.07) is 9.69. The third-order valence-electron chi connectivity index (χ3n) is 3.70. The van der Waals surface area contributed by atoms with Crippen molar-refractivity contribution in [3.63, 3.8) is 0 Å². The molecule has 0 atom stereocenters. The van der Waals surface area contributed by atoms with Gasteiger partial charge in [-0.3, -0.25) is 9.69 Å². The van der Waals surface area contributed by atoms with Gasteiger partial charge >= 0.3 is 0 Å². The smallest absolute Gasteiger partial charge is 0.252 e. The van der Waals surface area contributed by atoms with E-state index in [9.17, 15) is 4.79 Å². The van der Waals surface area contributed by atoms with Crippen molar-refractivity contribution < 1.29 is 9.53 Å². The predicted octanol–water partition coefficient (Wildman–Crippen LogP) is 3.85. The van der Waals surface area contributed by atoms with E-state index in [1.54, 1.807) is 17.2 Å². The van der Waals surface area contributed by atoms with Gasteiger partial charge in [0.25, 0.3) is 5.91 Å². The number of rotatable bonds is 4. The summed E-state index contributed by atoms with van der Waals surface area (Å²) in [4.78, 5) is 18.3. The summed E-state index contributed by atoms with van der Waals surface area (Å²) >= 11 is 3.35. The van der Waals surface area contributed by atoms with Crippen molar-refractivity contribution >= 4 is 33.7 Å². The molecule has 0 N–H and O–H groups in total. The first-order chi connectivity index (χ1) is 11.2. The molecule has 3 rings (SSSR count). The molecule has 0 saturated heterocycles. The topological polar surface area (TPSA) is 42.4 Å². The van der Waals surface area contributed by atoms with Crippen LogP contribution in [0.3, 0.4) is 0 Å². The van der Waals surface area contributed by atoms with E-state index < -0.39 is 0 Å². The maximum atomic E-state index is 12.4. The number of anilines is 1. The van der Waals surface area contributed by atoms with Crippen molar-refractivity contribution in [3.8, 4) is 5.75 Å². The molecule has 0 spiro atoms. The van der Waals surface area contributed by atoms with Crippen LogP contribution < -0.4 is 9.64 Å². The van der Waals surface area contributed by atoms with Crippen molar-refractivity contribution in [2.24, 2.45) is 0 Å². The number of carbonyl (C=O) groups excluding carboxylic acids is 1. The van der Waals surface area contributed by atoms with Crippen LogP contribution in [-0.4, -0.2) is 24.0 Å². The molecule has 2 heterocycles. The van der Waals surface area contributed by atoms with E-state index in [2.05, 4.69) is 27.0 Å². The van der Waals surface area contributed by atoms with Crippen LogP contribution in [0.4, 0.5) is 5.82 Å². The standard InChI is InChI=1S/C18H17BrN2O2/c1-2-21(17-7-5-15(19)12-20-17)18(22)8-4-13-3-6-16-14(11-13)9-10-23-16/h3-8,11-12H,2,9-10H2,1H3/b8-4+. The van der Waals surface area contributed by atoms with Gasteiger partial charge in [-0.15, -0.1) is 0 Å². The summed E-state index contributed by atoms with van der Waals surface area (Å²) < 4.78 is 6.38. The number of nitrogens with zero attached hydrogens (tertiary/aromatic N) is 2. The average Bonchev–Trinajstić information content (AvgIpc) is 3.03. The molecular weight excluding hydrogens is 356 g/mol. The zero-order valence-electron chi connectivity index (χ0n) is 12.8. The van der Waals surface area contributed by atoms with Gasteiger partial charge in [-0.05, 0) is 64.3 Å². The molecule has 1 aromatic carbocycles. The number of carbonyl (C=O) groups is 1. The number of hydrogen-bond acceptors (Lipinski definition) is 3. The largest absolute Gasteiger partial charge is 0.493 e. The van der Waals surface area contributed by atoms with Crippen LogP contribution >= 0.6 is 15.9 Å². The van der Waals surface area contributed by atoms with E-state index in [0.29, 0.717) is 12.4 Å². The molecule has 4 nitrogen and oxygen atoms in total. The van der Waals surface area contributed by atoms with E-state index >= 15 is 0 Å². The number of fused-ring (bicyclic) bond motifs is 1. The van der Waals surface area contributed by atoms with Crippen molar-refractivity contribution in [2.75, 3.05) is 18.1 Å². The molecule has 1 amide bonds. The van der Waals surface area contributed by atoms with Gasteiger partial charge in [0.15, 0.2) is 0 Å². The monoisotopic (exact) mass is 372 g/mol. The van der Waals surface area contributed by atoms with Crippen LogP contribution in [-0.2, 0) is 11.2 Å². The minimum atomic E-state index is -0.0842. The molecule has 0 bridgehead atoms. The van der Waals surface area contributed by atoms with Crippen LogP contribution in [0.25, 0.3) is 6.08 Å². The van der Waals surface area contributed by atoms with Crippen LogP contribution in [0.5, 0.6) is 5.75 Å². The Hall–Kier alpha value is -2.14. The van der Waals surface area contributed by atoms with Crippen LogP contribution in [0.1, 0.15) is 18.1 Å². The van der Waals surface area contributed by atoms with Gasteiger partial charge in [0.1, 0.15) is 11.6 Å². The third-order valence-corrected chi connectivity index (χ3v) is 4.17. The fourth-order valence-electron chi connectivity index (χ4n) is 2.53. The third kappa shape index (κ3) is 3.62. The Morgan fingerprint density at radius 3 is 3.00 bits per heavy atom. The molecule has 5 heteroatoms. The lowest BCUT2D eigenvalue weighted by Gasteiger charge is -2.17. The minimum absolute atomic E-state index is 0.0842. The molecule has 1 aliphatic heterocycles. The normalized spacial score (nSPS) is 13.0. The molecular formula is C18H17BrN2O2. The molecule has 23 heavy (non-hydrogen) atoms. The summed E-state index contributed by atoms with van der Waals surface area (Å²) in [6.07, 6.45) is 6.04. The lowest BCUT2D eigenvalue weighted by Crippen LogP contribution is -2.29. The highest BCUT2D eigenvalue weighted by molar-refractivity contribution is 9.10. The van der Waals surface area contributed by atoms with Gasteiger partial charge < -0.3 is 4.74 Å². The first kappa shape index (κ1) is 15.7. The van der Waals surface area contributed by atoms with Gasteiger partial charge in [-0.25, -0.2) is 4.98 Å². The molecule has 2 aromatic rings. The second-order valence-corrected chi connectivity index (χ2v) is 6.13. The summed E-state index contributed by atoms with van der Waals surface area (Å²) in [7, 11) is 0. The fraction of sp³-hybridized carbons (Fsp3) is 0.222. The SMILES string of the molecule is CCN(C(=O)/C=C/c1ccc2c(c1)CCO2)c1ccc(Br)cn1. The first-order valence-electron chi connectivity index (χ1n) is 7.54. The number of ether oxygens (including phenoxy) is 1. The molecule has 0 radical (unpaired) electrons. The first-order valence-corrected chi connectivity index (χ1v) is 8.33. The molecule has 1 aromatic heterocycles. The number of amides is 1. The lowest BCUT2D eigenvalue weighted by molar-refractivity contribution is -0.114. The van der Waals surface area contributed by atoms with E-state index in [-0.39, 0.29) is 5.91 Å². The van der Waals surface area contributed by atoms with Gasteiger partial charge in [0.2, 0.25) is 0 Å². The Morgan fingerprint density at radius 1 is 1.39 bits per heavy atom. The summed E-state index contributed by atoms with van der Waals surface area (Å²) in [5, 5.41) is 0. The second-order valence-electron chi connectivity index (χ2n) is 5.22. The second kappa shape index (κ2) is 6.96. The summed E-state index contributed by atoms with van der Waals surface area (Å²) in [5.74, 6) is 1.51. The number of likely N-dealkylation sites (N-methyl/N-ethyl adjacent to an activating group) is 1. The van der Waals surface area contributed by atoms with Gasteiger partial charge in [0.05, 0.1) is 6.61 Å². The molecule has 0 fully saturated rings. The number of aromatic nitrogens is 1. The predicted molar refractivity (Wildman–Crippen MR) is 94.6 cm³/mol. The average molecular weight is 373 g/mol. The van der Waals surface area contributed by atoms with Crippen molar-refractivity contribution in [1.82, 2.24) is 4.98 Å². The summed E-state index contributed by atoms with van der Waals surface area (Å²) in [5.41, 5.74) is 2.20. The molecule has 0 unspecified atom stereocenters. The Morgan fingerprint density at radius 2 is 2.26 bits per heavy atom. The number of benzene rings is 1. The van der Waals surface area contributed by atoms with Crippen molar-refractivity contribution in [1.29, 1.82) is 0 Å². The highest BCUT2D eigenvalue weighted by Gasteiger charge is 2.13. The Kier molecular flexibility index (Phi) is 4.76. The van der Waals surface area contributed by atoms with Gasteiger partial charge in [-0.1, -0.05) is 6.07 Å². The van der Waals surface area contributed by atoms with Crippen LogP contribution in [0, 0.1) is 0 Å². The number of hydrogen-bond donors (Lipinski definition) is 0. The minimum Gasteiger partial charge on any atom is -0.493 e. The van der Waals surface area contributed by atoms with E-state index in [0.717, 1.165) is 28.8 Å². The lowest BCUT2D eigenvalue weighted by atomic mass is 10.1. The van der Waals surface area contributed by atoms with Crippen molar-refractivity contribution in [2.45, 2.75) is 13.3 Å². The van der Waals surface area contributed by atoms with E-state index in [1.165, 1.54) is 5.56 Å². The Bertz CT molecular complexity index is 741. The molecule has 0 aliphatic carbocycles. The maximum absolute atomic E-state index is 12.4. The van der Waals surface area contributed by atoms with Crippen molar-refractivity contribution in [3.05, 3.63) is 58.2 Å². The highest BCUT2D eigenvalue weighted by Crippen LogP contribution is 2.26.